The lowest BCUT2D eigenvalue weighted by Crippen LogP contribution is -2.52. The Labute approximate surface area is 300 Å². The van der Waals surface area contributed by atoms with Crippen LogP contribution in [0.15, 0.2) is 60.7 Å². The number of carbonyl (C=O) groups is 3. The molecule has 3 amide bonds. The minimum atomic E-state index is -0.580. The average molecular weight is 688 g/mol. The summed E-state index contributed by atoms with van der Waals surface area (Å²) in [5.41, 5.74) is 8.69. The van der Waals surface area contributed by atoms with Gasteiger partial charge in [0.25, 0.3) is 5.91 Å². The third-order valence-electron chi connectivity index (χ3n) is 13.3. The average Bonchev–Trinajstić information content (AvgIpc) is 3.46. The fourth-order valence-electron chi connectivity index (χ4n) is 10.2. The topological polar surface area (TPSA) is 96.4 Å². The van der Waals surface area contributed by atoms with Gasteiger partial charge in [0.1, 0.15) is 11.8 Å². The van der Waals surface area contributed by atoms with Crippen molar-refractivity contribution in [3.8, 4) is 5.75 Å². The molecule has 1 spiro atoms. The number of piperazine rings is 1. The van der Waals surface area contributed by atoms with Crippen molar-refractivity contribution in [2.75, 3.05) is 55.6 Å². The van der Waals surface area contributed by atoms with Crippen LogP contribution in [0.2, 0.25) is 0 Å². The molecule has 4 aliphatic heterocycles. The number of imide groups is 1. The van der Waals surface area contributed by atoms with E-state index in [1.165, 1.54) is 60.9 Å². The Morgan fingerprint density at radius 2 is 1.49 bits per heavy atom. The third kappa shape index (κ3) is 5.97. The summed E-state index contributed by atoms with van der Waals surface area (Å²) in [6.07, 6.45) is 9.34. The van der Waals surface area contributed by atoms with E-state index in [4.69, 9.17) is 0 Å². The number of phenolic OH excluding ortho intramolecular Hbond substituents is 1. The molecule has 3 saturated heterocycles. The highest BCUT2D eigenvalue weighted by Gasteiger charge is 2.48. The molecule has 0 unspecified atom stereocenters. The van der Waals surface area contributed by atoms with Crippen molar-refractivity contribution in [2.24, 2.45) is 11.3 Å². The van der Waals surface area contributed by atoms with Gasteiger partial charge in [-0.05, 0) is 121 Å². The smallest absolute Gasteiger partial charge is 0.255 e. The van der Waals surface area contributed by atoms with E-state index in [0.717, 1.165) is 63.5 Å². The number of phenols is 1. The second kappa shape index (κ2) is 13.0. The molecule has 2 aliphatic carbocycles. The van der Waals surface area contributed by atoms with E-state index in [-0.39, 0.29) is 24.1 Å². The maximum atomic E-state index is 13.1. The molecule has 0 bridgehead atoms. The molecule has 4 fully saturated rings. The van der Waals surface area contributed by atoms with Crippen LogP contribution in [0.1, 0.15) is 89.9 Å². The monoisotopic (exact) mass is 687 g/mol. The minimum Gasteiger partial charge on any atom is -0.508 e. The molecule has 4 heterocycles. The molecule has 9 heteroatoms. The van der Waals surface area contributed by atoms with Crippen LogP contribution in [0.5, 0.6) is 5.75 Å². The van der Waals surface area contributed by atoms with Gasteiger partial charge in [0.2, 0.25) is 11.8 Å². The summed E-state index contributed by atoms with van der Waals surface area (Å²) in [7, 11) is 0. The van der Waals surface area contributed by atoms with Gasteiger partial charge in [-0.1, -0.05) is 24.6 Å². The number of carbonyl (C=O) groups excluding carboxylic acids is 3. The van der Waals surface area contributed by atoms with Crippen LogP contribution in [-0.4, -0.2) is 84.5 Å². The fourth-order valence-corrected chi connectivity index (χ4v) is 10.2. The van der Waals surface area contributed by atoms with Crippen LogP contribution in [0, 0.1) is 11.3 Å². The van der Waals surface area contributed by atoms with Crippen LogP contribution in [0.3, 0.4) is 0 Å². The van der Waals surface area contributed by atoms with E-state index in [2.05, 4.69) is 56.4 Å². The van der Waals surface area contributed by atoms with Crippen LogP contribution >= 0.6 is 0 Å². The van der Waals surface area contributed by atoms with Crippen LogP contribution in [0.4, 0.5) is 11.4 Å². The predicted molar refractivity (Wildman–Crippen MR) is 197 cm³/mol. The molecular formula is C42H49N5O4. The quantitative estimate of drug-likeness (QED) is 0.334. The van der Waals surface area contributed by atoms with Gasteiger partial charge in [0, 0.05) is 81.6 Å². The van der Waals surface area contributed by atoms with E-state index < -0.39 is 6.04 Å². The zero-order chi connectivity index (χ0) is 34.7. The minimum absolute atomic E-state index is 0.117. The summed E-state index contributed by atoms with van der Waals surface area (Å²) >= 11 is 0. The lowest BCUT2D eigenvalue weighted by molar-refractivity contribution is -0.136. The zero-order valence-electron chi connectivity index (χ0n) is 29.5. The van der Waals surface area contributed by atoms with Gasteiger partial charge in [0.15, 0.2) is 0 Å². The van der Waals surface area contributed by atoms with Gasteiger partial charge in [-0.15, -0.1) is 0 Å². The number of rotatable bonds is 6. The van der Waals surface area contributed by atoms with E-state index in [9.17, 15) is 19.5 Å². The fraction of sp³-hybridized carbons (Fsp3) is 0.500. The Balaban J connectivity index is 0.769. The molecule has 9 rings (SSSR count). The van der Waals surface area contributed by atoms with Crippen molar-refractivity contribution in [1.29, 1.82) is 0 Å². The Kier molecular flexibility index (Phi) is 8.29. The number of benzene rings is 3. The molecule has 2 N–H and O–H groups in total. The first-order chi connectivity index (χ1) is 24.8. The number of amides is 3. The highest BCUT2D eigenvalue weighted by Crippen LogP contribution is 2.60. The first-order valence-corrected chi connectivity index (χ1v) is 19.3. The molecule has 51 heavy (non-hydrogen) atoms. The molecule has 6 aliphatic rings. The van der Waals surface area contributed by atoms with Crippen LogP contribution < -0.4 is 15.1 Å². The third-order valence-corrected chi connectivity index (χ3v) is 13.3. The summed E-state index contributed by atoms with van der Waals surface area (Å²) < 4.78 is 0. The van der Waals surface area contributed by atoms with Gasteiger partial charge in [-0.3, -0.25) is 24.6 Å². The molecule has 3 aromatic rings. The molecule has 3 aromatic carbocycles. The van der Waals surface area contributed by atoms with Gasteiger partial charge >= 0.3 is 0 Å². The standard InChI is InChI=1S/C42H49N5O4/c48-34-7-9-35-30(25-34)12-17-42(15-1-16-42)39(35)29-2-4-32(5-3-29)45-18-13-28(14-19-45)26-44-20-22-46(23-21-44)33-6-8-36-31(24-33)27-47(41(36)51)37-10-11-38(49)43-40(37)50/h2-9,24-25,28,37,39,48H,1,10-23,26-27H2,(H,43,49,50)/t37-,39-/m0/s1. The van der Waals surface area contributed by atoms with Crippen molar-refractivity contribution >= 4 is 29.1 Å². The number of anilines is 2. The summed E-state index contributed by atoms with van der Waals surface area (Å²) in [6.45, 7) is 7.76. The maximum absolute atomic E-state index is 13.1. The van der Waals surface area contributed by atoms with Crippen molar-refractivity contribution in [1.82, 2.24) is 15.1 Å². The van der Waals surface area contributed by atoms with Crippen molar-refractivity contribution in [3.05, 3.63) is 88.5 Å². The van der Waals surface area contributed by atoms with Gasteiger partial charge in [-0.2, -0.15) is 0 Å². The lowest BCUT2D eigenvalue weighted by atomic mass is 9.52. The normalized spacial score (nSPS) is 25.1. The maximum Gasteiger partial charge on any atom is 0.255 e. The Hall–Kier alpha value is -4.37. The number of fused-ring (bicyclic) bond motifs is 2. The van der Waals surface area contributed by atoms with E-state index >= 15 is 0 Å². The van der Waals surface area contributed by atoms with E-state index in [0.29, 0.717) is 41.5 Å². The van der Waals surface area contributed by atoms with Crippen LogP contribution in [0.25, 0.3) is 0 Å². The van der Waals surface area contributed by atoms with Crippen molar-refractivity contribution in [2.45, 2.75) is 76.3 Å². The SMILES string of the molecule is O=C1CC[C@H](N2Cc3cc(N4CCN(CC5CCN(c6ccc([C@H]7c8ccc(O)cc8CCC78CCC8)cc6)CC5)CC4)ccc3C2=O)C(=O)N1. The van der Waals surface area contributed by atoms with Gasteiger partial charge < -0.3 is 19.8 Å². The van der Waals surface area contributed by atoms with E-state index in [1.807, 2.05) is 24.3 Å². The number of nitrogens with zero attached hydrogens (tertiary/aromatic N) is 4. The molecule has 9 nitrogen and oxygen atoms in total. The Morgan fingerprint density at radius 1 is 0.745 bits per heavy atom. The molecule has 266 valence electrons. The summed E-state index contributed by atoms with van der Waals surface area (Å²) in [4.78, 5) is 46.4. The first-order valence-electron chi connectivity index (χ1n) is 19.3. The molecule has 2 atom stereocenters. The zero-order valence-corrected chi connectivity index (χ0v) is 29.5. The second-order valence-corrected chi connectivity index (χ2v) is 16.1. The summed E-state index contributed by atoms with van der Waals surface area (Å²) in [5, 5.41) is 12.5. The number of aryl methyl sites for hydroxylation is 1. The number of piperidine rings is 2. The van der Waals surface area contributed by atoms with Gasteiger partial charge in [-0.25, -0.2) is 0 Å². The van der Waals surface area contributed by atoms with Gasteiger partial charge in [0.05, 0.1) is 0 Å². The van der Waals surface area contributed by atoms with Crippen molar-refractivity contribution < 1.29 is 19.5 Å². The number of nitrogens with one attached hydrogen (secondary N) is 1. The van der Waals surface area contributed by atoms with E-state index in [1.54, 1.807) is 4.90 Å². The predicted octanol–water partition coefficient (Wildman–Crippen LogP) is 5.44. The van der Waals surface area contributed by atoms with Crippen molar-refractivity contribution in [3.63, 3.8) is 0 Å². The van der Waals surface area contributed by atoms with Crippen LogP contribution in [-0.2, 0) is 22.6 Å². The molecule has 0 aromatic heterocycles. The Bertz CT molecular complexity index is 1840. The summed E-state index contributed by atoms with van der Waals surface area (Å²) in [6, 6.07) is 21.1. The Morgan fingerprint density at radius 3 is 2.22 bits per heavy atom. The second-order valence-electron chi connectivity index (χ2n) is 16.1. The summed E-state index contributed by atoms with van der Waals surface area (Å²) in [5.74, 6) is 0.780. The lowest BCUT2D eigenvalue weighted by Gasteiger charge is -2.52. The number of hydrogen-bond acceptors (Lipinski definition) is 7. The number of hydrogen-bond donors (Lipinski definition) is 2. The first kappa shape index (κ1) is 32.5. The molecule has 1 saturated carbocycles. The number of aromatic hydroxyl groups is 1. The highest BCUT2D eigenvalue weighted by atomic mass is 16.3. The highest BCUT2D eigenvalue weighted by molar-refractivity contribution is 6.05. The molecule has 0 radical (unpaired) electrons. The largest absolute Gasteiger partial charge is 0.508 e. The molecular weight excluding hydrogens is 638 g/mol.